The van der Waals surface area contributed by atoms with E-state index in [4.69, 9.17) is 5.73 Å². The highest BCUT2D eigenvalue weighted by molar-refractivity contribution is 5.82. The number of hydrogen-bond donors (Lipinski definition) is 2. The van der Waals surface area contributed by atoms with Gasteiger partial charge in [0.1, 0.15) is 0 Å². The Bertz CT molecular complexity index is 443. The minimum absolute atomic E-state index is 0.0627. The molecule has 2 rings (SSSR count). The van der Waals surface area contributed by atoms with Gasteiger partial charge in [0, 0.05) is 24.8 Å². The summed E-state index contributed by atoms with van der Waals surface area (Å²) in [7, 11) is 0. The van der Waals surface area contributed by atoms with Gasteiger partial charge in [0.2, 0.25) is 5.91 Å². The van der Waals surface area contributed by atoms with Gasteiger partial charge >= 0.3 is 0 Å². The summed E-state index contributed by atoms with van der Waals surface area (Å²) in [6.07, 6.45) is 0.995. The van der Waals surface area contributed by atoms with Crippen molar-refractivity contribution in [2.45, 2.75) is 26.3 Å². The number of anilines is 1. The first-order chi connectivity index (χ1) is 8.61. The summed E-state index contributed by atoms with van der Waals surface area (Å²) < 4.78 is 0. The molecular formula is C14H21N3O. The molecule has 1 aromatic rings. The fourth-order valence-electron chi connectivity index (χ4n) is 2.36. The number of likely N-dealkylation sites (N-methyl/N-ethyl adjacent to an activating group) is 1. The zero-order valence-corrected chi connectivity index (χ0v) is 11.1. The molecule has 0 saturated heterocycles. The van der Waals surface area contributed by atoms with Gasteiger partial charge in [-0.3, -0.25) is 4.79 Å². The lowest BCUT2D eigenvalue weighted by molar-refractivity contribution is -0.119. The number of carbonyl (C=O) groups excluding carboxylic acids is 1. The van der Waals surface area contributed by atoms with Crippen LogP contribution in [0.4, 0.5) is 5.69 Å². The van der Waals surface area contributed by atoms with Crippen molar-refractivity contribution in [1.82, 2.24) is 5.32 Å². The number of benzene rings is 1. The third kappa shape index (κ3) is 2.64. The highest BCUT2D eigenvalue weighted by Crippen LogP contribution is 2.29. The molecular weight excluding hydrogens is 226 g/mol. The van der Waals surface area contributed by atoms with Crippen LogP contribution in [0.3, 0.4) is 0 Å². The first kappa shape index (κ1) is 12.9. The SMILES string of the molecule is CCNC(=O)CN1CCc2cc(C(C)N)ccc21. The van der Waals surface area contributed by atoms with E-state index in [1.54, 1.807) is 0 Å². The van der Waals surface area contributed by atoms with E-state index in [2.05, 4.69) is 28.4 Å². The van der Waals surface area contributed by atoms with Crippen LogP contribution in [0.1, 0.15) is 31.0 Å². The van der Waals surface area contributed by atoms with Crippen LogP contribution in [0.2, 0.25) is 0 Å². The van der Waals surface area contributed by atoms with Crippen molar-refractivity contribution in [3.8, 4) is 0 Å². The fraction of sp³-hybridized carbons (Fsp3) is 0.500. The number of fused-ring (bicyclic) bond motifs is 1. The van der Waals surface area contributed by atoms with Crippen molar-refractivity contribution in [1.29, 1.82) is 0 Å². The minimum Gasteiger partial charge on any atom is -0.362 e. The Morgan fingerprint density at radius 3 is 3.00 bits per heavy atom. The van der Waals surface area contributed by atoms with Crippen molar-refractivity contribution in [3.63, 3.8) is 0 Å². The average Bonchev–Trinajstić information content (AvgIpc) is 2.72. The molecule has 1 aromatic carbocycles. The van der Waals surface area contributed by atoms with Gasteiger partial charge in [-0.25, -0.2) is 0 Å². The standard InChI is InChI=1S/C14H21N3O/c1-3-16-14(18)9-17-7-6-12-8-11(10(2)15)4-5-13(12)17/h4-5,8,10H,3,6-7,9,15H2,1-2H3,(H,16,18). The second-order valence-electron chi connectivity index (χ2n) is 4.80. The monoisotopic (exact) mass is 247 g/mol. The molecule has 0 spiro atoms. The number of hydrogen-bond acceptors (Lipinski definition) is 3. The summed E-state index contributed by atoms with van der Waals surface area (Å²) in [6.45, 7) is 5.96. The van der Waals surface area contributed by atoms with Crippen molar-refractivity contribution in [2.24, 2.45) is 5.73 Å². The number of rotatable bonds is 4. The van der Waals surface area contributed by atoms with Gasteiger partial charge in [-0.2, -0.15) is 0 Å². The third-order valence-corrected chi connectivity index (χ3v) is 3.33. The fourth-order valence-corrected chi connectivity index (χ4v) is 2.36. The third-order valence-electron chi connectivity index (χ3n) is 3.33. The van der Waals surface area contributed by atoms with Crippen LogP contribution >= 0.6 is 0 Å². The van der Waals surface area contributed by atoms with Crippen molar-refractivity contribution < 1.29 is 4.79 Å². The smallest absolute Gasteiger partial charge is 0.239 e. The van der Waals surface area contributed by atoms with E-state index in [9.17, 15) is 4.79 Å². The molecule has 1 amide bonds. The van der Waals surface area contributed by atoms with Crippen LogP contribution < -0.4 is 16.0 Å². The molecule has 18 heavy (non-hydrogen) atoms. The maximum absolute atomic E-state index is 11.6. The Balaban J connectivity index is 2.11. The van der Waals surface area contributed by atoms with Gasteiger partial charge < -0.3 is 16.0 Å². The van der Waals surface area contributed by atoms with Gasteiger partial charge in [-0.1, -0.05) is 12.1 Å². The van der Waals surface area contributed by atoms with Crippen LogP contribution in [-0.4, -0.2) is 25.5 Å². The van der Waals surface area contributed by atoms with Crippen molar-refractivity contribution in [2.75, 3.05) is 24.5 Å². The maximum atomic E-state index is 11.6. The predicted octanol–water partition coefficient (Wildman–Crippen LogP) is 1.20. The van der Waals surface area contributed by atoms with E-state index in [0.29, 0.717) is 13.1 Å². The van der Waals surface area contributed by atoms with E-state index in [1.807, 2.05) is 13.8 Å². The zero-order chi connectivity index (χ0) is 13.1. The number of amides is 1. The summed E-state index contributed by atoms with van der Waals surface area (Å²) in [5.41, 5.74) is 9.52. The lowest BCUT2D eigenvalue weighted by atomic mass is 10.0. The molecule has 1 atom stereocenters. The van der Waals surface area contributed by atoms with Gasteiger partial charge in [-0.15, -0.1) is 0 Å². The van der Waals surface area contributed by atoms with E-state index in [0.717, 1.165) is 18.5 Å². The lowest BCUT2D eigenvalue weighted by Gasteiger charge is -2.19. The van der Waals surface area contributed by atoms with E-state index >= 15 is 0 Å². The van der Waals surface area contributed by atoms with E-state index in [-0.39, 0.29) is 11.9 Å². The number of carbonyl (C=O) groups is 1. The molecule has 1 aliphatic heterocycles. The van der Waals surface area contributed by atoms with Gasteiger partial charge in [0.15, 0.2) is 0 Å². The second-order valence-corrected chi connectivity index (χ2v) is 4.80. The zero-order valence-electron chi connectivity index (χ0n) is 11.1. The number of nitrogens with zero attached hydrogens (tertiary/aromatic N) is 1. The van der Waals surface area contributed by atoms with Gasteiger partial charge in [0.05, 0.1) is 6.54 Å². The molecule has 1 aliphatic rings. The van der Waals surface area contributed by atoms with Crippen molar-refractivity contribution >= 4 is 11.6 Å². The van der Waals surface area contributed by atoms with E-state index in [1.165, 1.54) is 11.3 Å². The summed E-state index contributed by atoms with van der Waals surface area (Å²) >= 11 is 0. The molecule has 1 unspecified atom stereocenters. The average molecular weight is 247 g/mol. The van der Waals surface area contributed by atoms with Crippen LogP contribution in [0, 0.1) is 0 Å². The van der Waals surface area contributed by atoms with Crippen LogP contribution in [-0.2, 0) is 11.2 Å². The van der Waals surface area contributed by atoms with Crippen LogP contribution in [0.5, 0.6) is 0 Å². The summed E-state index contributed by atoms with van der Waals surface area (Å²) in [4.78, 5) is 13.7. The van der Waals surface area contributed by atoms with E-state index < -0.39 is 0 Å². The molecule has 0 saturated carbocycles. The van der Waals surface area contributed by atoms with Gasteiger partial charge in [0.25, 0.3) is 0 Å². The molecule has 1 heterocycles. The Hall–Kier alpha value is -1.55. The molecule has 4 heteroatoms. The van der Waals surface area contributed by atoms with Crippen LogP contribution in [0.15, 0.2) is 18.2 Å². The normalized spacial score (nSPS) is 15.4. The number of nitrogens with one attached hydrogen (secondary N) is 1. The first-order valence-electron chi connectivity index (χ1n) is 6.52. The predicted molar refractivity (Wildman–Crippen MR) is 73.6 cm³/mol. The minimum atomic E-state index is 0.0627. The Morgan fingerprint density at radius 1 is 1.56 bits per heavy atom. The second kappa shape index (κ2) is 5.40. The summed E-state index contributed by atoms with van der Waals surface area (Å²) in [5.74, 6) is 0.0848. The molecule has 3 N–H and O–H groups in total. The number of nitrogens with two attached hydrogens (primary N) is 1. The highest BCUT2D eigenvalue weighted by atomic mass is 16.2. The Morgan fingerprint density at radius 2 is 2.33 bits per heavy atom. The highest BCUT2D eigenvalue weighted by Gasteiger charge is 2.21. The topological polar surface area (TPSA) is 58.4 Å². The quantitative estimate of drug-likeness (QED) is 0.840. The van der Waals surface area contributed by atoms with Crippen LogP contribution in [0.25, 0.3) is 0 Å². The molecule has 0 fully saturated rings. The molecule has 0 bridgehead atoms. The molecule has 0 aromatic heterocycles. The summed E-state index contributed by atoms with van der Waals surface area (Å²) in [6, 6.07) is 6.37. The van der Waals surface area contributed by atoms with Crippen molar-refractivity contribution in [3.05, 3.63) is 29.3 Å². The largest absolute Gasteiger partial charge is 0.362 e. The Kier molecular flexibility index (Phi) is 3.87. The maximum Gasteiger partial charge on any atom is 0.239 e. The molecule has 4 nitrogen and oxygen atoms in total. The molecule has 0 aliphatic carbocycles. The Labute approximate surface area is 108 Å². The molecule has 0 radical (unpaired) electrons. The lowest BCUT2D eigenvalue weighted by Crippen LogP contribution is -2.36. The van der Waals surface area contributed by atoms with Gasteiger partial charge in [-0.05, 0) is 37.5 Å². The molecule has 98 valence electrons. The summed E-state index contributed by atoms with van der Waals surface area (Å²) in [5, 5.41) is 2.83. The first-order valence-corrected chi connectivity index (χ1v) is 6.52.